The lowest BCUT2D eigenvalue weighted by Crippen LogP contribution is -2.64. The minimum absolute atomic E-state index is 0.0561. The van der Waals surface area contributed by atoms with Gasteiger partial charge >= 0.3 is 0 Å². The first kappa shape index (κ1) is 20.2. The maximum atomic E-state index is 13.0. The second kappa shape index (κ2) is 6.38. The van der Waals surface area contributed by atoms with E-state index in [1.165, 1.54) is 0 Å². The van der Waals surface area contributed by atoms with Crippen molar-refractivity contribution in [1.82, 2.24) is 0 Å². The Morgan fingerprint density at radius 3 is 2.62 bits per heavy atom. The van der Waals surface area contributed by atoms with E-state index in [2.05, 4.69) is 20.8 Å². The van der Waals surface area contributed by atoms with E-state index in [9.17, 15) is 14.7 Å². The fourth-order valence-corrected chi connectivity index (χ4v) is 8.92. The third-order valence-electron chi connectivity index (χ3n) is 10.6. The van der Waals surface area contributed by atoms with E-state index in [0.717, 1.165) is 38.5 Å². The van der Waals surface area contributed by atoms with E-state index in [4.69, 9.17) is 4.74 Å². The third kappa shape index (κ3) is 2.51. The molecule has 5 rings (SSSR count). The van der Waals surface area contributed by atoms with Gasteiger partial charge < -0.3 is 9.84 Å². The molecule has 162 valence electrons. The van der Waals surface area contributed by atoms with Crippen molar-refractivity contribution in [2.75, 3.05) is 13.2 Å². The zero-order chi connectivity index (χ0) is 20.8. The number of aliphatic hydroxyl groups is 1. The van der Waals surface area contributed by atoms with Crippen LogP contribution in [0.2, 0.25) is 0 Å². The molecule has 0 saturated heterocycles. The molecule has 0 aliphatic heterocycles. The first-order chi connectivity index (χ1) is 13.7. The van der Waals surface area contributed by atoms with E-state index in [0.29, 0.717) is 48.4 Å². The summed E-state index contributed by atoms with van der Waals surface area (Å²) < 4.78 is 5.38. The van der Waals surface area contributed by atoms with Crippen molar-refractivity contribution < 1.29 is 19.4 Å². The lowest BCUT2D eigenvalue weighted by molar-refractivity contribution is -0.217. The molecule has 5 saturated carbocycles. The summed E-state index contributed by atoms with van der Waals surface area (Å²) in [5, 5.41) is 12.1. The van der Waals surface area contributed by atoms with E-state index < -0.39 is 5.60 Å². The van der Waals surface area contributed by atoms with Gasteiger partial charge in [-0.3, -0.25) is 9.59 Å². The van der Waals surface area contributed by atoms with Crippen LogP contribution in [0.4, 0.5) is 0 Å². The molecule has 0 bridgehead atoms. The van der Waals surface area contributed by atoms with Crippen LogP contribution in [0, 0.1) is 52.3 Å². The van der Waals surface area contributed by atoms with Gasteiger partial charge in [0.15, 0.2) is 5.78 Å². The summed E-state index contributed by atoms with van der Waals surface area (Å²) in [7, 11) is 0. The molecular weight excluding hydrogens is 364 g/mol. The number of ketones is 2. The van der Waals surface area contributed by atoms with Crippen LogP contribution in [-0.2, 0) is 14.3 Å². The van der Waals surface area contributed by atoms with Gasteiger partial charge in [-0.25, -0.2) is 0 Å². The lowest BCUT2D eigenvalue weighted by Gasteiger charge is -2.63. The van der Waals surface area contributed by atoms with E-state index in [-0.39, 0.29) is 35.1 Å². The molecule has 5 fully saturated rings. The Morgan fingerprint density at radius 2 is 1.90 bits per heavy atom. The Morgan fingerprint density at radius 1 is 1.14 bits per heavy atom. The fourth-order valence-electron chi connectivity index (χ4n) is 8.92. The minimum Gasteiger partial charge on any atom is -0.389 e. The van der Waals surface area contributed by atoms with Gasteiger partial charge in [0.05, 0.1) is 5.60 Å². The summed E-state index contributed by atoms with van der Waals surface area (Å²) in [6.07, 6.45) is 6.62. The van der Waals surface area contributed by atoms with Crippen LogP contribution < -0.4 is 0 Å². The number of ether oxygens (including phenoxy) is 1. The molecule has 0 amide bonds. The van der Waals surface area contributed by atoms with Gasteiger partial charge in [0.1, 0.15) is 12.4 Å². The summed E-state index contributed by atoms with van der Waals surface area (Å²) in [5.41, 5.74) is -0.969. The predicted molar refractivity (Wildman–Crippen MR) is 110 cm³/mol. The van der Waals surface area contributed by atoms with Crippen LogP contribution in [-0.4, -0.2) is 35.5 Å². The molecule has 6 unspecified atom stereocenters. The van der Waals surface area contributed by atoms with Crippen molar-refractivity contribution in [1.29, 1.82) is 0 Å². The predicted octanol–water partition coefficient (Wildman–Crippen LogP) is 4.04. The molecular formula is C25H38O4. The number of fused-ring (bicyclic) bond motifs is 8. The highest BCUT2D eigenvalue weighted by Gasteiger charge is 2.75. The molecule has 10 atom stereocenters. The van der Waals surface area contributed by atoms with Gasteiger partial charge in [-0.05, 0) is 86.9 Å². The van der Waals surface area contributed by atoms with Gasteiger partial charge in [0, 0.05) is 23.9 Å². The number of carbonyl (C=O) groups excluding carboxylic acids is 2. The highest BCUT2D eigenvalue weighted by molar-refractivity contribution is 5.89. The van der Waals surface area contributed by atoms with E-state index in [1.807, 2.05) is 6.92 Å². The maximum absolute atomic E-state index is 13.0. The van der Waals surface area contributed by atoms with Crippen LogP contribution in [0.5, 0.6) is 0 Å². The van der Waals surface area contributed by atoms with Crippen molar-refractivity contribution in [2.45, 2.75) is 78.2 Å². The fraction of sp³-hybridized carbons (Fsp3) is 0.920. The SMILES string of the molecule is CCOCC(=O)[C@H]1CC[C@]2(C)C3CC[C@]4(C)C(=O)C(C)CC4C3C3CC3[C@]2(O)C1. The topological polar surface area (TPSA) is 63.6 Å². The number of hydrogen-bond donors (Lipinski definition) is 1. The monoisotopic (exact) mass is 402 g/mol. The molecule has 0 spiro atoms. The number of Topliss-reactive ketones (excluding diaryl/α,β-unsaturated/α-hetero) is 2. The number of carbonyl (C=O) groups is 2. The Balaban J connectivity index is 1.43. The largest absolute Gasteiger partial charge is 0.389 e. The van der Waals surface area contributed by atoms with Gasteiger partial charge in [-0.15, -0.1) is 0 Å². The van der Waals surface area contributed by atoms with Gasteiger partial charge in [0.2, 0.25) is 0 Å². The molecule has 0 aromatic rings. The summed E-state index contributed by atoms with van der Waals surface area (Å²) in [4.78, 5) is 25.7. The zero-order valence-electron chi connectivity index (χ0n) is 18.6. The molecule has 4 heteroatoms. The molecule has 0 aromatic heterocycles. The summed E-state index contributed by atoms with van der Waals surface area (Å²) in [5.74, 6) is 3.27. The van der Waals surface area contributed by atoms with Crippen molar-refractivity contribution in [3.63, 3.8) is 0 Å². The third-order valence-corrected chi connectivity index (χ3v) is 10.6. The summed E-state index contributed by atoms with van der Waals surface area (Å²) >= 11 is 0. The van der Waals surface area contributed by atoms with Gasteiger partial charge in [-0.2, -0.15) is 0 Å². The van der Waals surface area contributed by atoms with Crippen molar-refractivity contribution >= 4 is 11.6 Å². The Labute approximate surface area is 175 Å². The molecule has 4 nitrogen and oxygen atoms in total. The standard InChI is InChI=1S/C25H38O4/c1-5-29-13-20(26)15-6-9-24(4)17-7-8-23(3)19(10-14(2)22(23)27)21(17)16-11-18(16)25(24,28)12-15/h14-19,21,28H,5-13H2,1-4H3/t14?,15-,16?,17?,18?,19?,21?,23-,24+,25+/m0/s1. The zero-order valence-corrected chi connectivity index (χ0v) is 18.6. The summed E-state index contributed by atoms with van der Waals surface area (Å²) in [6, 6.07) is 0. The minimum atomic E-state index is -0.717. The summed E-state index contributed by atoms with van der Waals surface area (Å²) in [6.45, 7) is 9.36. The first-order valence-electron chi connectivity index (χ1n) is 12.0. The second-order valence-corrected chi connectivity index (χ2v) is 11.6. The van der Waals surface area contributed by atoms with Crippen LogP contribution in [0.3, 0.4) is 0 Å². The molecule has 5 aliphatic carbocycles. The number of hydrogen-bond acceptors (Lipinski definition) is 4. The molecule has 0 aromatic carbocycles. The van der Waals surface area contributed by atoms with E-state index >= 15 is 0 Å². The van der Waals surface area contributed by atoms with Gasteiger partial charge in [-0.1, -0.05) is 20.8 Å². The smallest absolute Gasteiger partial charge is 0.161 e. The first-order valence-corrected chi connectivity index (χ1v) is 12.0. The van der Waals surface area contributed by atoms with Crippen molar-refractivity contribution in [3.8, 4) is 0 Å². The average molecular weight is 403 g/mol. The Bertz CT molecular complexity index is 732. The molecule has 0 heterocycles. The highest BCUT2D eigenvalue weighted by Crippen LogP contribution is 2.76. The van der Waals surface area contributed by atoms with Crippen LogP contribution >= 0.6 is 0 Å². The Kier molecular flexibility index (Phi) is 4.44. The Hall–Kier alpha value is -0.740. The normalized spacial score (nSPS) is 55.5. The molecule has 5 aliphatic rings. The van der Waals surface area contributed by atoms with Crippen LogP contribution in [0.25, 0.3) is 0 Å². The molecule has 29 heavy (non-hydrogen) atoms. The maximum Gasteiger partial charge on any atom is 0.161 e. The van der Waals surface area contributed by atoms with Crippen LogP contribution in [0.15, 0.2) is 0 Å². The molecule has 0 radical (unpaired) electrons. The van der Waals surface area contributed by atoms with Crippen LogP contribution in [0.1, 0.15) is 72.6 Å². The lowest BCUT2D eigenvalue weighted by atomic mass is 9.43. The van der Waals surface area contributed by atoms with Gasteiger partial charge in [0.25, 0.3) is 0 Å². The quantitative estimate of drug-likeness (QED) is 0.771. The van der Waals surface area contributed by atoms with Crippen molar-refractivity contribution in [2.24, 2.45) is 52.3 Å². The highest BCUT2D eigenvalue weighted by atomic mass is 16.5. The molecule has 1 N–H and O–H groups in total. The number of rotatable bonds is 4. The second-order valence-electron chi connectivity index (χ2n) is 11.6. The van der Waals surface area contributed by atoms with Crippen molar-refractivity contribution in [3.05, 3.63) is 0 Å². The average Bonchev–Trinajstić information content (AvgIpc) is 3.46. The van der Waals surface area contributed by atoms with E-state index in [1.54, 1.807) is 0 Å².